The first kappa shape index (κ1) is 18.7. The van der Waals surface area contributed by atoms with Crippen molar-refractivity contribution in [3.8, 4) is 0 Å². The molecule has 0 aliphatic rings. The van der Waals surface area contributed by atoms with Crippen LogP contribution in [0.3, 0.4) is 0 Å². The third-order valence-corrected chi connectivity index (χ3v) is 4.22. The lowest BCUT2D eigenvalue weighted by Crippen LogP contribution is -2.12. The Balaban J connectivity index is 0.00000208. The van der Waals surface area contributed by atoms with Crippen molar-refractivity contribution in [1.82, 2.24) is 20.1 Å². The van der Waals surface area contributed by atoms with Crippen LogP contribution < -0.4 is 5.32 Å². The smallest absolute Gasteiger partial charge is 0.137 e. The molecule has 0 fully saturated rings. The molecule has 0 aliphatic carbocycles. The maximum atomic E-state index is 6.01. The van der Waals surface area contributed by atoms with Gasteiger partial charge >= 0.3 is 0 Å². The maximum absolute atomic E-state index is 6.01. The summed E-state index contributed by atoms with van der Waals surface area (Å²) in [6, 6.07) is 14.1. The van der Waals surface area contributed by atoms with Gasteiger partial charge in [-0.3, -0.25) is 0 Å². The van der Waals surface area contributed by atoms with Crippen LogP contribution >= 0.6 is 35.6 Å². The van der Waals surface area contributed by atoms with Gasteiger partial charge in [0.05, 0.1) is 16.6 Å². The molecule has 24 heavy (non-hydrogen) atoms. The minimum atomic E-state index is 0. The lowest BCUT2D eigenvalue weighted by atomic mass is 10.1. The first-order valence-electron chi connectivity index (χ1n) is 7.25. The monoisotopic (exact) mass is 382 g/mol. The van der Waals surface area contributed by atoms with Gasteiger partial charge in [-0.1, -0.05) is 53.5 Å². The second-order valence-electron chi connectivity index (χ2n) is 5.26. The number of benzene rings is 2. The van der Waals surface area contributed by atoms with Crippen LogP contribution in [-0.2, 0) is 19.6 Å². The van der Waals surface area contributed by atoms with Crippen molar-refractivity contribution in [3.05, 3.63) is 81.9 Å². The van der Waals surface area contributed by atoms with E-state index in [1.54, 1.807) is 17.3 Å². The molecule has 0 amide bonds. The third kappa shape index (κ3) is 5.21. The Morgan fingerprint density at radius 1 is 0.875 bits per heavy atom. The second kappa shape index (κ2) is 9.04. The molecular weight excluding hydrogens is 367 g/mol. The van der Waals surface area contributed by atoms with Crippen LogP contribution in [0.5, 0.6) is 0 Å². The zero-order valence-electron chi connectivity index (χ0n) is 12.8. The van der Waals surface area contributed by atoms with Gasteiger partial charge in [0.25, 0.3) is 0 Å². The van der Waals surface area contributed by atoms with Gasteiger partial charge in [-0.15, -0.1) is 12.4 Å². The Hall–Kier alpha value is -1.59. The summed E-state index contributed by atoms with van der Waals surface area (Å²) in [5, 5.41) is 8.67. The molecule has 0 aliphatic heterocycles. The van der Waals surface area contributed by atoms with E-state index in [4.69, 9.17) is 23.2 Å². The summed E-state index contributed by atoms with van der Waals surface area (Å²) in [4.78, 5) is 3.94. The highest BCUT2D eigenvalue weighted by molar-refractivity contribution is 6.42. The number of aromatic nitrogens is 3. The van der Waals surface area contributed by atoms with Crippen molar-refractivity contribution in [2.24, 2.45) is 0 Å². The topological polar surface area (TPSA) is 42.7 Å². The van der Waals surface area contributed by atoms with Crippen LogP contribution in [0, 0.1) is 0 Å². The Bertz CT molecular complexity index is 758. The van der Waals surface area contributed by atoms with E-state index in [1.165, 1.54) is 11.1 Å². The number of halogens is 3. The molecule has 2 aromatic carbocycles. The fourth-order valence-corrected chi connectivity index (χ4v) is 2.59. The summed E-state index contributed by atoms with van der Waals surface area (Å²) in [5.41, 5.74) is 3.54. The molecule has 0 unspecified atom stereocenters. The standard InChI is InChI=1S/C17H16Cl2N4.ClH/c18-16-6-5-15(7-17(16)19)9-20-8-13-1-3-14(4-2-13)10-23-12-21-11-22-23;/h1-7,11-12,20H,8-10H2;1H. The fourth-order valence-electron chi connectivity index (χ4n) is 2.26. The predicted molar refractivity (Wildman–Crippen MR) is 99.8 cm³/mol. The van der Waals surface area contributed by atoms with Gasteiger partial charge in [-0.25, -0.2) is 9.67 Å². The predicted octanol–water partition coefficient (Wildman–Crippen LogP) is 4.34. The van der Waals surface area contributed by atoms with Gasteiger partial charge in [-0.05, 0) is 28.8 Å². The molecule has 0 atom stereocenters. The zero-order valence-corrected chi connectivity index (χ0v) is 15.2. The van der Waals surface area contributed by atoms with E-state index in [1.807, 2.05) is 18.2 Å². The Labute approximate surface area is 157 Å². The summed E-state index contributed by atoms with van der Waals surface area (Å²) in [6.07, 6.45) is 3.26. The molecule has 7 heteroatoms. The van der Waals surface area contributed by atoms with Crippen molar-refractivity contribution >= 4 is 35.6 Å². The number of nitrogens with one attached hydrogen (secondary N) is 1. The lowest BCUT2D eigenvalue weighted by Gasteiger charge is -2.07. The van der Waals surface area contributed by atoms with Crippen LogP contribution in [0.4, 0.5) is 0 Å². The van der Waals surface area contributed by atoms with Gasteiger partial charge in [0, 0.05) is 13.1 Å². The average Bonchev–Trinajstić information content (AvgIpc) is 3.05. The summed E-state index contributed by atoms with van der Waals surface area (Å²) in [6.45, 7) is 2.28. The van der Waals surface area contributed by atoms with Crippen molar-refractivity contribution in [2.45, 2.75) is 19.6 Å². The van der Waals surface area contributed by atoms with Crippen LogP contribution in [0.1, 0.15) is 16.7 Å². The van der Waals surface area contributed by atoms with Gasteiger partial charge in [0.2, 0.25) is 0 Å². The minimum absolute atomic E-state index is 0. The Morgan fingerprint density at radius 3 is 2.21 bits per heavy atom. The zero-order chi connectivity index (χ0) is 16.1. The first-order valence-corrected chi connectivity index (χ1v) is 8.01. The number of hydrogen-bond acceptors (Lipinski definition) is 3. The van der Waals surface area contributed by atoms with Gasteiger partial charge in [-0.2, -0.15) is 5.10 Å². The van der Waals surface area contributed by atoms with Crippen LogP contribution in [-0.4, -0.2) is 14.8 Å². The highest BCUT2D eigenvalue weighted by Gasteiger charge is 2.00. The number of hydrogen-bond donors (Lipinski definition) is 1. The minimum Gasteiger partial charge on any atom is -0.309 e. The van der Waals surface area contributed by atoms with Crippen LogP contribution in [0.15, 0.2) is 55.1 Å². The van der Waals surface area contributed by atoms with Crippen molar-refractivity contribution in [3.63, 3.8) is 0 Å². The van der Waals surface area contributed by atoms with Crippen molar-refractivity contribution in [2.75, 3.05) is 0 Å². The molecule has 0 saturated carbocycles. The summed E-state index contributed by atoms with van der Waals surface area (Å²) in [5.74, 6) is 0. The molecule has 0 saturated heterocycles. The third-order valence-electron chi connectivity index (χ3n) is 3.48. The summed E-state index contributed by atoms with van der Waals surface area (Å²) < 4.78 is 1.80. The Kier molecular flexibility index (Phi) is 7.06. The van der Waals surface area contributed by atoms with Crippen molar-refractivity contribution in [1.29, 1.82) is 0 Å². The Morgan fingerprint density at radius 2 is 1.54 bits per heavy atom. The van der Waals surface area contributed by atoms with Gasteiger partial charge in [0.15, 0.2) is 0 Å². The number of rotatable bonds is 6. The van der Waals surface area contributed by atoms with E-state index >= 15 is 0 Å². The maximum Gasteiger partial charge on any atom is 0.137 e. The normalized spacial score (nSPS) is 10.4. The number of nitrogens with zero attached hydrogens (tertiary/aromatic N) is 3. The largest absolute Gasteiger partial charge is 0.309 e. The van der Waals surface area contributed by atoms with Crippen LogP contribution in [0.25, 0.3) is 0 Å². The highest BCUT2D eigenvalue weighted by Crippen LogP contribution is 2.22. The van der Waals surface area contributed by atoms with E-state index < -0.39 is 0 Å². The molecule has 1 N–H and O–H groups in total. The lowest BCUT2D eigenvalue weighted by molar-refractivity contribution is 0.680. The molecular formula is C17H17Cl3N4. The SMILES string of the molecule is Cl.Clc1ccc(CNCc2ccc(Cn3cncn3)cc2)cc1Cl. The molecule has 126 valence electrons. The van der Waals surface area contributed by atoms with Crippen LogP contribution in [0.2, 0.25) is 10.0 Å². The quantitative estimate of drug-likeness (QED) is 0.688. The molecule has 0 radical (unpaired) electrons. The van der Waals surface area contributed by atoms with E-state index in [0.717, 1.165) is 25.2 Å². The van der Waals surface area contributed by atoms with E-state index in [0.29, 0.717) is 10.0 Å². The van der Waals surface area contributed by atoms with Crippen molar-refractivity contribution < 1.29 is 0 Å². The van der Waals surface area contributed by atoms with E-state index in [-0.39, 0.29) is 12.4 Å². The van der Waals surface area contributed by atoms with Gasteiger partial charge in [0.1, 0.15) is 12.7 Å². The van der Waals surface area contributed by atoms with E-state index in [9.17, 15) is 0 Å². The molecule has 1 aromatic heterocycles. The van der Waals surface area contributed by atoms with E-state index in [2.05, 4.69) is 39.7 Å². The molecule has 1 heterocycles. The average molecular weight is 384 g/mol. The molecule has 4 nitrogen and oxygen atoms in total. The highest BCUT2D eigenvalue weighted by atomic mass is 35.5. The molecule has 0 bridgehead atoms. The second-order valence-corrected chi connectivity index (χ2v) is 6.08. The summed E-state index contributed by atoms with van der Waals surface area (Å²) >= 11 is 11.9. The molecule has 3 rings (SSSR count). The molecule has 3 aromatic rings. The molecule has 0 spiro atoms. The van der Waals surface area contributed by atoms with Gasteiger partial charge < -0.3 is 5.32 Å². The summed E-state index contributed by atoms with van der Waals surface area (Å²) in [7, 11) is 0. The fraction of sp³-hybridized carbons (Fsp3) is 0.176. The first-order chi connectivity index (χ1) is 11.2.